The molecule has 1 aromatic carbocycles. The molecule has 1 fully saturated rings. The van der Waals surface area contributed by atoms with Crippen molar-refractivity contribution in [3.8, 4) is 0 Å². The molecule has 2 nitrogen and oxygen atoms in total. The van der Waals surface area contributed by atoms with Gasteiger partial charge in [0.25, 0.3) is 0 Å². The van der Waals surface area contributed by atoms with Crippen LogP contribution >= 0.6 is 15.9 Å². The lowest BCUT2D eigenvalue weighted by Crippen LogP contribution is -2.39. The number of nitrogens with two attached hydrogens (primary N) is 1. The van der Waals surface area contributed by atoms with Gasteiger partial charge in [-0.3, -0.25) is 4.90 Å². The van der Waals surface area contributed by atoms with E-state index in [1.165, 1.54) is 35.8 Å². The second kappa shape index (κ2) is 6.59. The highest BCUT2D eigenvalue weighted by Gasteiger charge is 2.39. The van der Waals surface area contributed by atoms with Crippen LogP contribution in [0.4, 0.5) is 0 Å². The Morgan fingerprint density at radius 3 is 2.45 bits per heavy atom. The fraction of sp³-hybridized carbons (Fsp3) is 0.647. The van der Waals surface area contributed by atoms with Gasteiger partial charge in [0.15, 0.2) is 0 Å². The molecule has 1 aromatic rings. The first-order valence-electron chi connectivity index (χ1n) is 7.77. The molecular weight excluding hydrogens is 312 g/mol. The largest absolute Gasteiger partial charge is 0.326 e. The van der Waals surface area contributed by atoms with Gasteiger partial charge >= 0.3 is 0 Å². The number of nitrogens with zero attached hydrogens (tertiary/aromatic N) is 1. The van der Waals surface area contributed by atoms with Gasteiger partial charge in [0.05, 0.1) is 6.04 Å². The first kappa shape index (κ1) is 16.0. The van der Waals surface area contributed by atoms with Gasteiger partial charge in [0.1, 0.15) is 0 Å². The molecule has 0 amide bonds. The minimum absolute atomic E-state index is 0.137. The predicted octanol–water partition coefficient (Wildman–Crippen LogP) is 4.35. The highest BCUT2D eigenvalue weighted by Crippen LogP contribution is 2.42. The third-order valence-electron chi connectivity index (χ3n) is 5.08. The summed E-state index contributed by atoms with van der Waals surface area (Å²) < 4.78 is 1.17. The van der Waals surface area contributed by atoms with Crippen molar-refractivity contribution in [2.45, 2.75) is 52.1 Å². The Morgan fingerprint density at radius 1 is 1.30 bits per heavy atom. The summed E-state index contributed by atoms with van der Waals surface area (Å²) in [6, 6.07) is 8.95. The van der Waals surface area contributed by atoms with Crippen LogP contribution in [0.3, 0.4) is 0 Å². The molecule has 20 heavy (non-hydrogen) atoms. The number of rotatable bonds is 5. The topological polar surface area (TPSA) is 29.3 Å². The van der Waals surface area contributed by atoms with Crippen LogP contribution in [0.25, 0.3) is 0 Å². The van der Waals surface area contributed by atoms with Gasteiger partial charge in [0, 0.05) is 17.1 Å². The van der Waals surface area contributed by atoms with Crippen LogP contribution in [-0.4, -0.2) is 24.0 Å². The zero-order chi connectivity index (χ0) is 14.8. The summed E-state index contributed by atoms with van der Waals surface area (Å²) in [5.41, 5.74) is 8.15. The smallest absolute Gasteiger partial charge is 0.0507 e. The number of hydrogen-bond acceptors (Lipinski definition) is 2. The van der Waals surface area contributed by atoms with Crippen molar-refractivity contribution in [2.75, 3.05) is 13.1 Å². The Morgan fingerprint density at radius 2 is 1.95 bits per heavy atom. The summed E-state index contributed by atoms with van der Waals surface area (Å²) in [4.78, 5) is 2.60. The second-order valence-corrected chi connectivity index (χ2v) is 7.11. The number of halogens is 1. The molecule has 0 spiro atoms. The maximum Gasteiger partial charge on any atom is 0.0507 e. The monoisotopic (exact) mass is 338 g/mol. The zero-order valence-electron chi connectivity index (χ0n) is 12.9. The highest BCUT2D eigenvalue weighted by atomic mass is 79.9. The summed E-state index contributed by atoms with van der Waals surface area (Å²) in [7, 11) is 0. The van der Waals surface area contributed by atoms with Crippen molar-refractivity contribution in [1.29, 1.82) is 0 Å². The van der Waals surface area contributed by atoms with E-state index in [4.69, 9.17) is 5.73 Å². The third-order valence-corrected chi connectivity index (χ3v) is 5.81. The van der Waals surface area contributed by atoms with Gasteiger partial charge in [-0.15, -0.1) is 0 Å². The quantitative estimate of drug-likeness (QED) is 0.864. The highest BCUT2D eigenvalue weighted by molar-refractivity contribution is 9.10. The Balaban J connectivity index is 2.26. The minimum atomic E-state index is 0.137. The average Bonchev–Trinajstić information content (AvgIpc) is 2.86. The maximum atomic E-state index is 6.33. The molecule has 1 heterocycles. The standard InChI is InChI=1S/C17H27BrN2/c1-4-17(5-2)10-11-20(12-17)16(13(3)19)14-8-6-7-9-15(14)18/h6-9,13,16H,4-5,10-12,19H2,1-3H3. The van der Waals surface area contributed by atoms with E-state index < -0.39 is 0 Å². The normalized spacial score (nSPS) is 21.9. The van der Waals surface area contributed by atoms with Gasteiger partial charge in [-0.05, 0) is 49.8 Å². The van der Waals surface area contributed by atoms with Crippen LogP contribution in [0.1, 0.15) is 51.6 Å². The number of benzene rings is 1. The van der Waals surface area contributed by atoms with Crippen molar-refractivity contribution in [3.63, 3.8) is 0 Å². The van der Waals surface area contributed by atoms with E-state index >= 15 is 0 Å². The Kier molecular flexibility index (Phi) is 5.27. The van der Waals surface area contributed by atoms with Crippen LogP contribution in [0.2, 0.25) is 0 Å². The Bertz CT molecular complexity index is 440. The Hall–Kier alpha value is -0.380. The zero-order valence-corrected chi connectivity index (χ0v) is 14.5. The SMILES string of the molecule is CCC1(CC)CCN(C(c2ccccc2Br)C(C)N)C1. The molecular formula is C17H27BrN2. The van der Waals surface area contributed by atoms with Crippen molar-refractivity contribution in [1.82, 2.24) is 4.90 Å². The maximum absolute atomic E-state index is 6.33. The molecule has 1 saturated heterocycles. The summed E-state index contributed by atoms with van der Waals surface area (Å²) in [5, 5.41) is 0. The van der Waals surface area contributed by atoms with E-state index in [0.717, 1.165) is 6.54 Å². The molecule has 0 saturated carbocycles. The number of hydrogen-bond donors (Lipinski definition) is 1. The third kappa shape index (κ3) is 3.10. The molecule has 2 atom stereocenters. The van der Waals surface area contributed by atoms with Gasteiger partial charge < -0.3 is 5.73 Å². The molecule has 0 aromatic heterocycles. The summed E-state index contributed by atoms with van der Waals surface area (Å²) >= 11 is 3.69. The molecule has 3 heteroatoms. The van der Waals surface area contributed by atoms with Crippen molar-refractivity contribution < 1.29 is 0 Å². The van der Waals surface area contributed by atoms with Crippen LogP contribution in [0, 0.1) is 5.41 Å². The molecule has 2 unspecified atom stereocenters. The van der Waals surface area contributed by atoms with Crippen molar-refractivity contribution in [3.05, 3.63) is 34.3 Å². The van der Waals surface area contributed by atoms with Crippen molar-refractivity contribution in [2.24, 2.45) is 11.1 Å². The summed E-state index contributed by atoms with van der Waals surface area (Å²) in [5.74, 6) is 0. The van der Waals surface area contributed by atoms with E-state index in [1.807, 2.05) is 0 Å². The lowest BCUT2D eigenvalue weighted by Gasteiger charge is -2.34. The van der Waals surface area contributed by atoms with Crippen LogP contribution in [-0.2, 0) is 0 Å². The van der Waals surface area contributed by atoms with E-state index in [1.54, 1.807) is 0 Å². The van der Waals surface area contributed by atoms with Crippen molar-refractivity contribution >= 4 is 15.9 Å². The first-order valence-corrected chi connectivity index (χ1v) is 8.56. The van der Waals surface area contributed by atoms with Gasteiger partial charge in [-0.25, -0.2) is 0 Å². The van der Waals surface area contributed by atoms with E-state index in [0.29, 0.717) is 11.5 Å². The minimum Gasteiger partial charge on any atom is -0.326 e. The lowest BCUT2D eigenvalue weighted by atomic mass is 9.82. The van der Waals surface area contributed by atoms with Crippen LogP contribution < -0.4 is 5.73 Å². The van der Waals surface area contributed by atoms with Crippen LogP contribution in [0.5, 0.6) is 0 Å². The van der Waals surface area contributed by atoms with E-state index in [2.05, 4.69) is 65.9 Å². The molecule has 0 aliphatic carbocycles. The van der Waals surface area contributed by atoms with E-state index in [-0.39, 0.29) is 6.04 Å². The molecule has 2 rings (SSSR count). The molecule has 2 N–H and O–H groups in total. The molecule has 1 aliphatic rings. The van der Waals surface area contributed by atoms with E-state index in [9.17, 15) is 0 Å². The fourth-order valence-electron chi connectivity index (χ4n) is 3.56. The molecule has 112 valence electrons. The van der Waals surface area contributed by atoms with Crippen LogP contribution in [0.15, 0.2) is 28.7 Å². The van der Waals surface area contributed by atoms with Gasteiger partial charge in [-0.2, -0.15) is 0 Å². The second-order valence-electron chi connectivity index (χ2n) is 6.25. The summed E-state index contributed by atoms with van der Waals surface area (Å²) in [6.07, 6.45) is 3.83. The van der Waals surface area contributed by atoms with Gasteiger partial charge in [0.2, 0.25) is 0 Å². The lowest BCUT2D eigenvalue weighted by molar-refractivity contribution is 0.177. The molecule has 0 radical (unpaired) electrons. The number of likely N-dealkylation sites (tertiary alicyclic amines) is 1. The average molecular weight is 339 g/mol. The Labute approximate surface area is 131 Å². The molecule has 1 aliphatic heterocycles. The van der Waals surface area contributed by atoms with Gasteiger partial charge in [-0.1, -0.05) is 48.0 Å². The summed E-state index contributed by atoms with van der Waals surface area (Å²) in [6.45, 7) is 9.11. The fourth-order valence-corrected chi connectivity index (χ4v) is 4.08. The first-order chi connectivity index (χ1) is 9.53. The molecule has 0 bridgehead atoms. The predicted molar refractivity (Wildman–Crippen MR) is 89.7 cm³/mol.